The van der Waals surface area contributed by atoms with E-state index in [-0.39, 0.29) is 0 Å². The molecule has 0 radical (unpaired) electrons. The lowest BCUT2D eigenvalue weighted by atomic mass is 9.96. The largest absolute Gasteiger partial charge is 0.359 e. The highest BCUT2D eigenvalue weighted by molar-refractivity contribution is 8.14. The van der Waals surface area contributed by atoms with Gasteiger partial charge in [-0.25, -0.2) is 0 Å². The first-order valence-corrected chi connectivity index (χ1v) is 8.64. The van der Waals surface area contributed by atoms with E-state index in [0.717, 1.165) is 24.0 Å². The van der Waals surface area contributed by atoms with Gasteiger partial charge in [0.25, 0.3) is 0 Å². The van der Waals surface area contributed by atoms with Crippen molar-refractivity contribution in [2.75, 3.05) is 18.8 Å². The fraction of sp³-hybridized carbons (Fsp3) is 0.933. The van der Waals surface area contributed by atoms with E-state index in [2.05, 4.69) is 51.8 Å². The molecule has 0 amide bonds. The normalized spacial score (nSPS) is 20.8. The van der Waals surface area contributed by atoms with Crippen molar-refractivity contribution in [3.63, 3.8) is 0 Å². The van der Waals surface area contributed by atoms with Crippen LogP contribution in [0.5, 0.6) is 0 Å². The summed E-state index contributed by atoms with van der Waals surface area (Å²) in [4.78, 5) is 7.24. The lowest BCUT2D eigenvalue weighted by Gasteiger charge is -2.29. The summed E-state index contributed by atoms with van der Waals surface area (Å²) in [6.45, 7) is 15.5. The molecular weight excluding hydrogens is 254 g/mol. The molecule has 0 spiro atoms. The van der Waals surface area contributed by atoms with Crippen molar-refractivity contribution >= 4 is 16.9 Å². The summed E-state index contributed by atoms with van der Waals surface area (Å²) in [7, 11) is 0. The summed E-state index contributed by atoms with van der Waals surface area (Å²) in [6, 6.07) is 1.18. The van der Waals surface area contributed by atoms with Gasteiger partial charge in [-0.05, 0) is 40.5 Å². The standard InChI is InChI=1S/C15H31N3S/c1-7-15(8-2)11-19-14(17-15)16-9-10-18(12(3)4)13(5)6/h12-13H,7-11H2,1-6H3,(H,16,17). The summed E-state index contributed by atoms with van der Waals surface area (Å²) >= 11 is 1.89. The van der Waals surface area contributed by atoms with Crippen LogP contribution in [-0.4, -0.2) is 46.5 Å². The Balaban J connectivity index is 2.46. The lowest BCUT2D eigenvalue weighted by molar-refractivity contribution is 0.181. The quantitative estimate of drug-likeness (QED) is 0.777. The molecule has 0 bridgehead atoms. The molecule has 3 nitrogen and oxygen atoms in total. The maximum Gasteiger partial charge on any atom is 0.157 e. The second-order valence-electron chi connectivity index (χ2n) is 6.01. The first-order chi connectivity index (χ1) is 8.94. The van der Waals surface area contributed by atoms with E-state index in [1.807, 2.05) is 11.8 Å². The lowest BCUT2D eigenvalue weighted by Crippen LogP contribution is -2.42. The summed E-state index contributed by atoms with van der Waals surface area (Å²) < 4.78 is 0. The minimum Gasteiger partial charge on any atom is -0.359 e. The Kier molecular flexibility index (Phi) is 6.67. The number of thioether (sulfide) groups is 1. The summed E-state index contributed by atoms with van der Waals surface area (Å²) in [6.07, 6.45) is 2.36. The average Bonchev–Trinajstić information content (AvgIpc) is 2.78. The third kappa shape index (κ3) is 4.67. The van der Waals surface area contributed by atoms with Gasteiger partial charge in [0.15, 0.2) is 5.17 Å². The van der Waals surface area contributed by atoms with Crippen LogP contribution in [-0.2, 0) is 0 Å². The number of hydrogen-bond donors (Lipinski definition) is 1. The maximum absolute atomic E-state index is 4.75. The Morgan fingerprint density at radius 3 is 2.21 bits per heavy atom. The molecule has 1 N–H and O–H groups in total. The van der Waals surface area contributed by atoms with Crippen LogP contribution >= 0.6 is 11.8 Å². The Labute approximate surface area is 123 Å². The van der Waals surface area contributed by atoms with Crippen LogP contribution in [0.3, 0.4) is 0 Å². The van der Waals surface area contributed by atoms with Crippen molar-refractivity contribution in [3.05, 3.63) is 0 Å². The first kappa shape index (κ1) is 16.8. The Bertz CT molecular complexity index is 288. The fourth-order valence-electron chi connectivity index (χ4n) is 2.60. The molecule has 19 heavy (non-hydrogen) atoms. The molecule has 4 heteroatoms. The van der Waals surface area contributed by atoms with E-state index >= 15 is 0 Å². The van der Waals surface area contributed by atoms with Gasteiger partial charge in [-0.15, -0.1) is 0 Å². The van der Waals surface area contributed by atoms with Gasteiger partial charge in [-0.3, -0.25) is 9.89 Å². The minimum absolute atomic E-state index is 0.291. The SMILES string of the molecule is CCC1(CC)CSC(=NCCN(C(C)C)C(C)C)N1. The van der Waals surface area contributed by atoms with Crippen molar-refractivity contribution in [1.29, 1.82) is 0 Å². The summed E-state index contributed by atoms with van der Waals surface area (Å²) in [5.74, 6) is 1.16. The third-order valence-corrected chi connectivity index (χ3v) is 5.35. The van der Waals surface area contributed by atoms with Crippen LogP contribution in [0.2, 0.25) is 0 Å². The van der Waals surface area contributed by atoms with Gasteiger partial charge in [0.1, 0.15) is 0 Å². The number of rotatable bonds is 7. The molecule has 1 fully saturated rings. The van der Waals surface area contributed by atoms with Crippen LogP contribution in [0, 0.1) is 0 Å². The monoisotopic (exact) mass is 285 g/mol. The highest BCUT2D eigenvalue weighted by Crippen LogP contribution is 2.28. The molecule has 0 saturated carbocycles. The zero-order valence-electron chi connectivity index (χ0n) is 13.5. The van der Waals surface area contributed by atoms with Gasteiger partial charge in [0.05, 0.1) is 6.54 Å². The second-order valence-corrected chi connectivity index (χ2v) is 6.98. The van der Waals surface area contributed by atoms with E-state index in [1.165, 1.54) is 12.8 Å². The molecule has 1 saturated heterocycles. The van der Waals surface area contributed by atoms with Gasteiger partial charge in [-0.2, -0.15) is 0 Å². The van der Waals surface area contributed by atoms with Crippen LogP contribution < -0.4 is 5.32 Å². The molecule has 0 aliphatic carbocycles. The topological polar surface area (TPSA) is 27.6 Å². The molecule has 1 heterocycles. The molecule has 0 aromatic carbocycles. The highest BCUT2D eigenvalue weighted by Gasteiger charge is 2.33. The Hall–Kier alpha value is -0.220. The van der Waals surface area contributed by atoms with Gasteiger partial charge in [0.2, 0.25) is 0 Å². The third-order valence-electron chi connectivity index (χ3n) is 4.15. The van der Waals surface area contributed by atoms with Crippen molar-refractivity contribution in [1.82, 2.24) is 10.2 Å². The molecule has 0 unspecified atom stereocenters. The molecule has 0 atom stereocenters. The Morgan fingerprint density at radius 1 is 1.21 bits per heavy atom. The zero-order chi connectivity index (χ0) is 14.5. The predicted molar refractivity (Wildman–Crippen MR) is 88.2 cm³/mol. The molecule has 0 aromatic heterocycles. The van der Waals surface area contributed by atoms with E-state index in [4.69, 9.17) is 4.99 Å². The van der Waals surface area contributed by atoms with E-state index < -0.39 is 0 Å². The maximum atomic E-state index is 4.75. The molecule has 0 aromatic rings. The number of aliphatic imine (C=N–C) groups is 1. The smallest absolute Gasteiger partial charge is 0.157 e. The van der Waals surface area contributed by atoms with Gasteiger partial charge < -0.3 is 5.32 Å². The van der Waals surface area contributed by atoms with Crippen molar-refractivity contribution in [2.45, 2.75) is 72.0 Å². The van der Waals surface area contributed by atoms with Crippen LogP contribution in [0.15, 0.2) is 4.99 Å². The zero-order valence-corrected chi connectivity index (χ0v) is 14.3. The van der Waals surface area contributed by atoms with Crippen LogP contribution in [0.1, 0.15) is 54.4 Å². The first-order valence-electron chi connectivity index (χ1n) is 7.65. The van der Waals surface area contributed by atoms with Gasteiger partial charge in [-0.1, -0.05) is 25.6 Å². The van der Waals surface area contributed by atoms with Crippen molar-refractivity contribution < 1.29 is 0 Å². The molecule has 1 aliphatic rings. The number of hydrogen-bond acceptors (Lipinski definition) is 3. The number of nitrogens with one attached hydrogen (secondary N) is 1. The second kappa shape index (κ2) is 7.53. The highest BCUT2D eigenvalue weighted by atomic mass is 32.2. The van der Waals surface area contributed by atoms with E-state index in [1.54, 1.807) is 0 Å². The van der Waals surface area contributed by atoms with E-state index in [9.17, 15) is 0 Å². The molecular formula is C15H31N3S. The van der Waals surface area contributed by atoms with Crippen molar-refractivity contribution in [2.24, 2.45) is 4.99 Å². The fourth-order valence-corrected chi connectivity index (χ4v) is 3.97. The van der Waals surface area contributed by atoms with Crippen LogP contribution in [0.4, 0.5) is 0 Å². The number of amidine groups is 1. The molecule has 1 rings (SSSR count). The number of nitrogens with zero attached hydrogens (tertiary/aromatic N) is 2. The summed E-state index contributed by atoms with van der Waals surface area (Å²) in [5, 5.41) is 4.78. The average molecular weight is 286 g/mol. The minimum atomic E-state index is 0.291. The van der Waals surface area contributed by atoms with E-state index in [0.29, 0.717) is 17.6 Å². The Morgan fingerprint density at radius 2 is 1.79 bits per heavy atom. The van der Waals surface area contributed by atoms with Crippen molar-refractivity contribution in [3.8, 4) is 0 Å². The summed E-state index contributed by atoms with van der Waals surface area (Å²) in [5.41, 5.74) is 0.291. The predicted octanol–water partition coefficient (Wildman–Crippen LogP) is 3.36. The van der Waals surface area contributed by atoms with Gasteiger partial charge in [0, 0.05) is 29.9 Å². The molecule has 112 valence electrons. The van der Waals surface area contributed by atoms with Crippen LogP contribution in [0.25, 0.3) is 0 Å². The molecule has 1 aliphatic heterocycles. The van der Waals surface area contributed by atoms with Gasteiger partial charge >= 0.3 is 0 Å².